The van der Waals surface area contributed by atoms with Crippen molar-refractivity contribution >= 4 is 15.8 Å². The molecule has 0 saturated heterocycles. The van der Waals surface area contributed by atoms with Gasteiger partial charge in [0.1, 0.15) is 10.7 Å². The highest BCUT2D eigenvalue weighted by Crippen LogP contribution is 2.20. The number of aromatic carboxylic acids is 1. The van der Waals surface area contributed by atoms with Gasteiger partial charge in [0.2, 0.25) is 0 Å². The van der Waals surface area contributed by atoms with Crippen molar-refractivity contribution in [3.63, 3.8) is 0 Å². The van der Waals surface area contributed by atoms with Crippen LogP contribution in [-0.2, 0) is 14.6 Å². The molecule has 0 aliphatic carbocycles. The number of carboxylic acids is 1. The summed E-state index contributed by atoms with van der Waals surface area (Å²) < 4.78 is 75.0. The molecule has 5 nitrogen and oxygen atoms in total. The Bertz CT molecular complexity index is 609. The minimum absolute atomic E-state index is 0.472. The quantitative estimate of drug-likeness (QED) is 0.838. The van der Waals surface area contributed by atoms with E-state index in [4.69, 9.17) is 5.11 Å². The van der Waals surface area contributed by atoms with E-state index >= 15 is 0 Å². The van der Waals surface area contributed by atoms with Crippen LogP contribution in [0, 0.1) is 5.82 Å². The maximum absolute atomic E-state index is 13.5. The number of carboxylic acid groups (broad SMARTS) is 1. The molecule has 1 rings (SSSR count). The first-order valence-electron chi connectivity index (χ1n) is 4.99. The lowest BCUT2D eigenvalue weighted by molar-refractivity contribution is -0.322. The first-order chi connectivity index (χ1) is 9.03. The lowest BCUT2D eigenvalue weighted by Crippen LogP contribution is -2.20. The molecule has 0 aromatic heterocycles. The summed E-state index contributed by atoms with van der Waals surface area (Å²) in [6.45, 7) is -1.19. The van der Waals surface area contributed by atoms with Gasteiger partial charge in [0.15, 0.2) is 9.84 Å². The summed E-state index contributed by atoms with van der Waals surface area (Å²) >= 11 is 0. The van der Waals surface area contributed by atoms with Crippen molar-refractivity contribution in [2.75, 3.05) is 12.4 Å². The molecule has 0 saturated carbocycles. The first kappa shape index (κ1) is 16.4. The molecule has 0 bridgehead atoms. The van der Waals surface area contributed by atoms with Gasteiger partial charge in [0.05, 0.1) is 17.9 Å². The number of halogens is 4. The van der Waals surface area contributed by atoms with E-state index in [2.05, 4.69) is 4.74 Å². The summed E-state index contributed by atoms with van der Waals surface area (Å²) in [6.07, 6.45) is -4.98. The van der Waals surface area contributed by atoms with Gasteiger partial charge >= 0.3 is 12.3 Å². The fraction of sp³-hybridized carbons (Fsp3) is 0.300. The van der Waals surface area contributed by atoms with Crippen LogP contribution < -0.4 is 0 Å². The lowest BCUT2D eigenvalue weighted by atomic mass is 10.2. The summed E-state index contributed by atoms with van der Waals surface area (Å²) in [4.78, 5) is 9.65. The Morgan fingerprint density at radius 2 is 1.90 bits per heavy atom. The molecule has 0 fully saturated rings. The van der Waals surface area contributed by atoms with Gasteiger partial charge in [-0.2, -0.15) is 0 Å². The van der Waals surface area contributed by atoms with Crippen LogP contribution in [0.25, 0.3) is 0 Å². The van der Waals surface area contributed by atoms with Gasteiger partial charge in [0, 0.05) is 0 Å². The molecular weight excluding hydrogens is 308 g/mol. The van der Waals surface area contributed by atoms with Crippen molar-refractivity contribution in [3.05, 3.63) is 29.6 Å². The zero-order chi connectivity index (χ0) is 15.6. The average Bonchev–Trinajstić information content (AvgIpc) is 2.26. The Hall–Kier alpha value is -1.68. The highest BCUT2D eigenvalue weighted by atomic mass is 32.2. The highest BCUT2D eigenvalue weighted by Gasteiger charge is 2.30. The monoisotopic (exact) mass is 316 g/mol. The van der Waals surface area contributed by atoms with Gasteiger partial charge in [-0.15, -0.1) is 13.2 Å². The number of sulfone groups is 1. The minimum atomic E-state index is -4.98. The largest absolute Gasteiger partial charge is 0.522 e. The summed E-state index contributed by atoms with van der Waals surface area (Å²) in [6, 6.07) is 1.99. The Balaban J connectivity index is 2.91. The molecule has 0 spiro atoms. The van der Waals surface area contributed by atoms with Crippen molar-refractivity contribution < 1.29 is 40.6 Å². The molecule has 1 aromatic carbocycles. The average molecular weight is 316 g/mol. The summed E-state index contributed by atoms with van der Waals surface area (Å²) in [5.74, 6) is -3.90. The Morgan fingerprint density at radius 1 is 1.30 bits per heavy atom. The van der Waals surface area contributed by atoms with Crippen molar-refractivity contribution in [2.24, 2.45) is 0 Å². The number of carbonyl (C=O) groups is 1. The lowest BCUT2D eigenvalue weighted by Gasteiger charge is -2.09. The summed E-state index contributed by atoms with van der Waals surface area (Å²) in [5, 5.41) is 8.57. The van der Waals surface area contributed by atoms with Gasteiger partial charge in [-0.05, 0) is 18.2 Å². The molecule has 10 heteroatoms. The van der Waals surface area contributed by atoms with E-state index < -0.39 is 50.8 Å². The topological polar surface area (TPSA) is 80.7 Å². The third-order valence-corrected chi connectivity index (χ3v) is 3.84. The van der Waals surface area contributed by atoms with E-state index in [1.54, 1.807) is 0 Å². The molecule has 0 radical (unpaired) electrons. The fourth-order valence-electron chi connectivity index (χ4n) is 1.26. The smallest absolute Gasteiger partial charge is 0.478 e. The predicted molar refractivity (Wildman–Crippen MR) is 57.4 cm³/mol. The van der Waals surface area contributed by atoms with Gasteiger partial charge in [-0.3, -0.25) is 4.74 Å². The molecule has 0 amide bonds. The van der Waals surface area contributed by atoms with Crippen LogP contribution in [0.2, 0.25) is 0 Å². The minimum Gasteiger partial charge on any atom is -0.478 e. The van der Waals surface area contributed by atoms with E-state index in [1.165, 1.54) is 0 Å². The van der Waals surface area contributed by atoms with Crippen LogP contribution in [-0.4, -0.2) is 38.2 Å². The highest BCUT2D eigenvalue weighted by molar-refractivity contribution is 7.91. The second-order valence-corrected chi connectivity index (χ2v) is 5.64. The number of rotatable bonds is 5. The van der Waals surface area contributed by atoms with Gasteiger partial charge in [0.25, 0.3) is 0 Å². The Kier molecular flexibility index (Phi) is 4.71. The molecule has 0 heterocycles. The maximum atomic E-state index is 13.5. The van der Waals surface area contributed by atoms with Gasteiger partial charge < -0.3 is 5.11 Å². The van der Waals surface area contributed by atoms with Crippen LogP contribution in [0.5, 0.6) is 0 Å². The van der Waals surface area contributed by atoms with Gasteiger partial charge in [-0.25, -0.2) is 17.6 Å². The van der Waals surface area contributed by atoms with Gasteiger partial charge in [-0.1, -0.05) is 0 Å². The second-order valence-electron chi connectivity index (χ2n) is 3.56. The van der Waals surface area contributed by atoms with Crippen molar-refractivity contribution in [1.82, 2.24) is 0 Å². The molecule has 1 N–H and O–H groups in total. The van der Waals surface area contributed by atoms with Crippen LogP contribution in [0.1, 0.15) is 10.4 Å². The van der Waals surface area contributed by atoms with Crippen molar-refractivity contribution in [2.45, 2.75) is 11.3 Å². The Morgan fingerprint density at radius 3 is 2.35 bits per heavy atom. The van der Waals surface area contributed by atoms with Crippen molar-refractivity contribution in [3.8, 4) is 0 Å². The third kappa shape index (κ3) is 4.46. The van der Waals surface area contributed by atoms with E-state index in [0.717, 1.165) is 6.07 Å². The molecule has 20 heavy (non-hydrogen) atoms. The molecule has 0 atom stereocenters. The summed E-state index contributed by atoms with van der Waals surface area (Å²) in [7, 11) is -4.35. The van der Waals surface area contributed by atoms with Crippen LogP contribution in [0.4, 0.5) is 17.6 Å². The van der Waals surface area contributed by atoms with E-state index in [9.17, 15) is 30.8 Å². The molecule has 0 aliphatic heterocycles. The zero-order valence-electron chi connectivity index (χ0n) is 9.65. The van der Waals surface area contributed by atoms with E-state index in [0.29, 0.717) is 12.1 Å². The fourth-order valence-corrected chi connectivity index (χ4v) is 2.42. The summed E-state index contributed by atoms with van der Waals surface area (Å²) in [5.41, 5.74) is -0.479. The third-order valence-electron chi connectivity index (χ3n) is 2.13. The molecule has 0 aliphatic rings. The van der Waals surface area contributed by atoms with Crippen LogP contribution >= 0.6 is 0 Å². The van der Waals surface area contributed by atoms with Crippen LogP contribution in [0.15, 0.2) is 23.1 Å². The maximum Gasteiger partial charge on any atom is 0.522 e. The van der Waals surface area contributed by atoms with E-state index in [1.807, 2.05) is 0 Å². The predicted octanol–water partition coefficient (Wildman–Crippen LogP) is 1.83. The molecule has 1 aromatic rings. The zero-order valence-corrected chi connectivity index (χ0v) is 10.5. The number of hydrogen-bond donors (Lipinski definition) is 1. The number of benzene rings is 1. The van der Waals surface area contributed by atoms with Crippen LogP contribution in [0.3, 0.4) is 0 Å². The second kappa shape index (κ2) is 5.75. The normalized spacial score (nSPS) is 12.4. The number of alkyl halides is 3. The SMILES string of the molecule is O=C(O)c1ccc(S(=O)(=O)CCOC(F)(F)F)c(F)c1. The first-order valence-corrected chi connectivity index (χ1v) is 6.64. The molecule has 112 valence electrons. The van der Waals surface area contributed by atoms with Crippen molar-refractivity contribution in [1.29, 1.82) is 0 Å². The Labute approximate surface area is 110 Å². The number of ether oxygens (including phenoxy) is 1. The molecule has 0 unspecified atom stereocenters. The number of hydrogen-bond acceptors (Lipinski definition) is 4. The standard InChI is InChI=1S/C10H8F4O5S/c11-7-5-6(9(15)16)1-2-8(7)20(17,18)4-3-19-10(12,13)14/h1-2,5H,3-4H2,(H,15,16). The molecular formula is C10H8F4O5S. The van der Waals surface area contributed by atoms with E-state index in [-0.39, 0.29) is 0 Å².